The Bertz CT molecular complexity index is 598. The van der Waals surface area contributed by atoms with Crippen molar-refractivity contribution in [1.29, 1.82) is 0 Å². The number of halogens is 1. The molecule has 2 atom stereocenters. The van der Waals surface area contributed by atoms with Crippen molar-refractivity contribution in [3.05, 3.63) is 35.6 Å². The molecule has 1 aliphatic heterocycles. The lowest BCUT2D eigenvalue weighted by Gasteiger charge is -2.40. The zero-order valence-electron chi connectivity index (χ0n) is 16.0. The Labute approximate surface area is 152 Å². The maximum Gasteiger partial charge on any atom is 0.176 e. The van der Waals surface area contributed by atoms with Crippen molar-refractivity contribution >= 4 is 15.5 Å². The lowest BCUT2D eigenvalue weighted by Crippen LogP contribution is -2.54. The van der Waals surface area contributed by atoms with Gasteiger partial charge in [0, 0.05) is 11.6 Å². The first-order valence-corrected chi connectivity index (χ1v) is 10.2. The van der Waals surface area contributed by atoms with Gasteiger partial charge in [-0.25, -0.2) is 4.39 Å². The van der Waals surface area contributed by atoms with Crippen LogP contribution in [0.15, 0.2) is 24.3 Å². The van der Waals surface area contributed by atoms with Crippen LogP contribution >= 0.6 is 0 Å². The number of ketones is 1. The standard InChI is InChI=1S/C19H31FN2O2Si/c1-18(2,3)25-24-19(4,5)16-10-11-17(21)22(16)12-15(23)13-6-8-14(20)9-7-13/h6-9,16-17H,10-12,21,25H2,1-5H3. The van der Waals surface area contributed by atoms with Gasteiger partial charge in [0.2, 0.25) is 0 Å². The molecular weight excluding hydrogens is 335 g/mol. The largest absolute Gasteiger partial charge is 0.417 e. The van der Waals surface area contributed by atoms with Gasteiger partial charge in [-0.3, -0.25) is 9.69 Å². The molecule has 1 heterocycles. The fourth-order valence-corrected chi connectivity index (χ4v) is 4.25. The highest BCUT2D eigenvalue weighted by atomic mass is 28.2. The SMILES string of the molecule is CC(C)(C)[SiH2]OC(C)(C)C1CCC(N)N1CC(=O)c1ccc(F)cc1. The molecule has 140 valence electrons. The van der Waals surface area contributed by atoms with Crippen molar-refractivity contribution < 1.29 is 13.6 Å². The fourth-order valence-electron chi connectivity index (χ4n) is 3.26. The molecule has 0 spiro atoms. The molecule has 4 nitrogen and oxygen atoms in total. The molecule has 0 radical (unpaired) electrons. The van der Waals surface area contributed by atoms with Crippen LogP contribution in [0.4, 0.5) is 4.39 Å². The Morgan fingerprint density at radius 1 is 1.24 bits per heavy atom. The third-order valence-electron chi connectivity index (χ3n) is 4.73. The van der Waals surface area contributed by atoms with Crippen LogP contribution in [0.3, 0.4) is 0 Å². The first-order valence-electron chi connectivity index (χ1n) is 8.94. The van der Waals surface area contributed by atoms with E-state index >= 15 is 0 Å². The summed E-state index contributed by atoms with van der Waals surface area (Å²) < 4.78 is 19.4. The summed E-state index contributed by atoms with van der Waals surface area (Å²) in [5.74, 6) is -0.375. The van der Waals surface area contributed by atoms with Crippen LogP contribution in [0.25, 0.3) is 0 Å². The van der Waals surface area contributed by atoms with Gasteiger partial charge in [-0.15, -0.1) is 0 Å². The molecule has 1 aromatic carbocycles. The summed E-state index contributed by atoms with van der Waals surface area (Å²) in [6, 6.07) is 5.81. The number of benzene rings is 1. The molecule has 2 rings (SSSR count). The van der Waals surface area contributed by atoms with E-state index in [0.29, 0.717) is 5.56 Å². The summed E-state index contributed by atoms with van der Waals surface area (Å²) in [7, 11) is -0.704. The second-order valence-corrected chi connectivity index (χ2v) is 11.4. The number of carbonyl (C=O) groups is 1. The minimum Gasteiger partial charge on any atom is -0.417 e. The molecule has 0 bridgehead atoms. The van der Waals surface area contributed by atoms with Gasteiger partial charge < -0.3 is 10.2 Å². The minimum atomic E-state index is -0.704. The average Bonchev–Trinajstić information content (AvgIpc) is 2.87. The topological polar surface area (TPSA) is 55.6 Å². The molecule has 0 saturated carbocycles. The summed E-state index contributed by atoms with van der Waals surface area (Å²) >= 11 is 0. The van der Waals surface area contributed by atoms with Gasteiger partial charge in [-0.2, -0.15) is 0 Å². The van der Waals surface area contributed by atoms with Gasteiger partial charge in [0.05, 0.1) is 18.3 Å². The zero-order chi connectivity index (χ0) is 18.8. The van der Waals surface area contributed by atoms with Gasteiger partial charge in [0.15, 0.2) is 15.5 Å². The van der Waals surface area contributed by atoms with Crippen molar-refractivity contribution in [3.8, 4) is 0 Å². The normalized spacial score (nSPS) is 22.8. The third-order valence-corrected chi connectivity index (χ3v) is 6.49. The fraction of sp³-hybridized carbons (Fsp3) is 0.632. The Morgan fingerprint density at radius 2 is 1.84 bits per heavy atom. The van der Waals surface area contributed by atoms with E-state index in [2.05, 4.69) is 39.5 Å². The van der Waals surface area contributed by atoms with Crippen LogP contribution < -0.4 is 5.73 Å². The Morgan fingerprint density at radius 3 is 2.40 bits per heavy atom. The number of carbonyl (C=O) groups excluding carboxylic acids is 1. The Balaban J connectivity index is 2.09. The van der Waals surface area contributed by atoms with Crippen molar-refractivity contribution in [1.82, 2.24) is 4.90 Å². The molecular formula is C19H31FN2O2Si. The molecule has 25 heavy (non-hydrogen) atoms. The van der Waals surface area contributed by atoms with Crippen LogP contribution in [-0.4, -0.2) is 44.8 Å². The summed E-state index contributed by atoms with van der Waals surface area (Å²) in [5, 5.41) is 0.215. The minimum absolute atomic E-state index is 0.0359. The van der Waals surface area contributed by atoms with Gasteiger partial charge in [0.25, 0.3) is 0 Å². The second-order valence-electron chi connectivity index (χ2n) is 8.72. The number of Topliss-reactive ketones (excluding diaryl/α,β-unsaturated/α-hetero) is 1. The highest BCUT2D eigenvalue weighted by Gasteiger charge is 2.42. The van der Waals surface area contributed by atoms with E-state index in [0.717, 1.165) is 12.8 Å². The smallest absolute Gasteiger partial charge is 0.176 e. The maximum absolute atomic E-state index is 13.1. The second kappa shape index (κ2) is 7.66. The van der Waals surface area contributed by atoms with Crippen LogP contribution in [-0.2, 0) is 4.43 Å². The summed E-state index contributed by atoms with van der Waals surface area (Å²) in [6.45, 7) is 11.0. The lowest BCUT2D eigenvalue weighted by atomic mass is 9.96. The van der Waals surface area contributed by atoms with Gasteiger partial charge in [-0.05, 0) is 56.0 Å². The Kier molecular flexibility index (Phi) is 6.20. The number of hydrogen-bond acceptors (Lipinski definition) is 4. The molecule has 6 heteroatoms. The van der Waals surface area contributed by atoms with Crippen LogP contribution in [0.5, 0.6) is 0 Å². The van der Waals surface area contributed by atoms with Gasteiger partial charge in [-0.1, -0.05) is 20.8 Å². The lowest BCUT2D eigenvalue weighted by molar-refractivity contribution is 0.00999. The molecule has 1 aromatic rings. The number of likely N-dealkylation sites (tertiary alicyclic amines) is 1. The zero-order valence-corrected chi connectivity index (χ0v) is 17.4. The van der Waals surface area contributed by atoms with Crippen molar-refractivity contribution in [3.63, 3.8) is 0 Å². The predicted molar refractivity (Wildman–Crippen MR) is 102 cm³/mol. The Hall–Kier alpha value is -1.08. The first-order chi connectivity index (χ1) is 11.5. The molecule has 2 N–H and O–H groups in total. The molecule has 0 aromatic heterocycles. The van der Waals surface area contributed by atoms with Gasteiger partial charge in [0.1, 0.15) is 5.82 Å². The molecule has 0 aliphatic carbocycles. The first kappa shape index (κ1) is 20.2. The molecule has 1 saturated heterocycles. The van der Waals surface area contributed by atoms with E-state index in [-0.39, 0.29) is 41.0 Å². The van der Waals surface area contributed by atoms with E-state index < -0.39 is 9.76 Å². The monoisotopic (exact) mass is 366 g/mol. The summed E-state index contributed by atoms with van der Waals surface area (Å²) in [6.07, 6.45) is 1.63. The van der Waals surface area contributed by atoms with E-state index in [1.54, 1.807) is 0 Å². The van der Waals surface area contributed by atoms with E-state index in [4.69, 9.17) is 10.2 Å². The highest BCUT2D eigenvalue weighted by Crippen LogP contribution is 2.33. The number of rotatable bonds is 6. The van der Waals surface area contributed by atoms with Gasteiger partial charge >= 0.3 is 0 Å². The summed E-state index contributed by atoms with van der Waals surface area (Å²) in [4.78, 5) is 14.7. The van der Waals surface area contributed by atoms with E-state index in [1.807, 2.05) is 0 Å². The van der Waals surface area contributed by atoms with Crippen molar-refractivity contribution in [2.45, 2.75) is 70.3 Å². The molecule has 1 aliphatic rings. The highest BCUT2D eigenvalue weighted by molar-refractivity contribution is 6.31. The third kappa shape index (κ3) is 5.44. The predicted octanol–water partition coefficient (Wildman–Crippen LogP) is 2.86. The van der Waals surface area contributed by atoms with Crippen molar-refractivity contribution in [2.24, 2.45) is 5.73 Å². The van der Waals surface area contributed by atoms with Crippen molar-refractivity contribution in [2.75, 3.05) is 6.54 Å². The quantitative estimate of drug-likeness (QED) is 0.621. The van der Waals surface area contributed by atoms with Crippen LogP contribution in [0.2, 0.25) is 5.04 Å². The van der Waals surface area contributed by atoms with E-state index in [1.165, 1.54) is 24.3 Å². The molecule has 0 amide bonds. The maximum atomic E-state index is 13.1. The molecule has 1 fully saturated rings. The van der Waals surface area contributed by atoms with Crippen LogP contribution in [0, 0.1) is 5.82 Å². The summed E-state index contributed by atoms with van der Waals surface area (Å²) in [5.41, 5.74) is 6.45. The van der Waals surface area contributed by atoms with E-state index in [9.17, 15) is 9.18 Å². The number of hydrogen-bond donors (Lipinski definition) is 1. The number of nitrogens with zero attached hydrogens (tertiary/aromatic N) is 1. The molecule has 2 unspecified atom stereocenters. The average molecular weight is 367 g/mol. The number of nitrogens with two attached hydrogens (primary N) is 1. The van der Waals surface area contributed by atoms with Crippen LogP contribution in [0.1, 0.15) is 57.8 Å².